The Kier molecular flexibility index (Phi) is 7.26. The van der Waals surface area contributed by atoms with Crippen molar-refractivity contribution >= 4 is 21.6 Å². The molecule has 0 aromatic heterocycles. The second kappa shape index (κ2) is 9.27. The van der Waals surface area contributed by atoms with Crippen LogP contribution in [0, 0.1) is 0 Å². The second-order valence-electron chi connectivity index (χ2n) is 6.30. The average Bonchev–Trinajstić information content (AvgIpc) is 2.66. The lowest BCUT2D eigenvalue weighted by Crippen LogP contribution is -2.44. The Morgan fingerprint density at radius 3 is 2.38 bits per heavy atom. The Bertz CT molecular complexity index is 934. The van der Waals surface area contributed by atoms with E-state index in [1.165, 1.54) is 37.4 Å². The molecule has 0 aliphatic heterocycles. The van der Waals surface area contributed by atoms with Crippen LogP contribution in [0.3, 0.4) is 0 Å². The van der Waals surface area contributed by atoms with Gasteiger partial charge in [-0.15, -0.1) is 0 Å². The molecular formula is C19H21F3N2O4S. The van der Waals surface area contributed by atoms with Crippen LogP contribution >= 0.6 is 0 Å². The molecule has 0 spiro atoms. The van der Waals surface area contributed by atoms with Gasteiger partial charge in [-0.25, -0.2) is 8.42 Å². The van der Waals surface area contributed by atoms with E-state index in [1.54, 1.807) is 13.0 Å². The smallest absolute Gasteiger partial charge is 0.383 e. The third-order valence-corrected chi connectivity index (χ3v) is 5.69. The molecule has 158 valence electrons. The van der Waals surface area contributed by atoms with Gasteiger partial charge in [-0.1, -0.05) is 24.3 Å². The normalized spacial score (nSPS) is 13.0. The number of amides is 1. The number of carbonyl (C=O) groups excluding carboxylic acids is 1. The fraction of sp³-hybridized carbons (Fsp3) is 0.316. The lowest BCUT2D eigenvalue weighted by molar-refractivity contribution is -0.137. The maximum Gasteiger partial charge on any atom is 0.416 e. The Balaban J connectivity index is 2.45. The van der Waals surface area contributed by atoms with Crippen LogP contribution in [0.5, 0.6) is 0 Å². The summed E-state index contributed by atoms with van der Waals surface area (Å²) in [7, 11) is -2.84. The third-order valence-electron chi connectivity index (χ3n) is 3.90. The summed E-state index contributed by atoms with van der Waals surface area (Å²) in [6.45, 7) is 1.16. The minimum Gasteiger partial charge on any atom is -0.383 e. The van der Waals surface area contributed by atoms with E-state index >= 15 is 0 Å². The second-order valence-corrected chi connectivity index (χ2v) is 8.16. The van der Waals surface area contributed by atoms with Crippen molar-refractivity contribution in [3.05, 3.63) is 60.2 Å². The first-order valence-corrected chi connectivity index (χ1v) is 10.0. The van der Waals surface area contributed by atoms with Gasteiger partial charge in [-0.3, -0.25) is 9.10 Å². The number of nitrogens with zero attached hydrogens (tertiary/aromatic N) is 1. The van der Waals surface area contributed by atoms with E-state index in [1.807, 2.05) is 0 Å². The fourth-order valence-corrected chi connectivity index (χ4v) is 4.05. The van der Waals surface area contributed by atoms with Gasteiger partial charge in [-0.2, -0.15) is 13.2 Å². The molecule has 1 amide bonds. The van der Waals surface area contributed by atoms with Crippen LogP contribution in [0.2, 0.25) is 0 Å². The number of alkyl halides is 3. The van der Waals surface area contributed by atoms with Crippen molar-refractivity contribution in [3.63, 3.8) is 0 Å². The number of nitrogens with one attached hydrogen (secondary N) is 1. The number of carbonyl (C=O) groups is 1. The van der Waals surface area contributed by atoms with Crippen LogP contribution < -0.4 is 9.62 Å². The van der Waals surface area contributed by atoms with Crippen molar-refractivity contribution in [2.24, 2.45) is 0 Å². The summed E-state index contributed by atoms with van der Waals surface area (Å²) >= 11 is 0. The zero-order valence-corrected chi connectivity index (χ0v) is 16.6. The topological polar surface area (TPSA) is 75.7 Å². The number of ether oxygens (including phenoxy) is 1. The standard InChI is InChI=1S/C19H21F3N2O4S/c1-14(13-28-2)23-18(25)12-24(29(26,27)17-9-4-3-5-10-17)16-8-6-7-15(11-16)19(20,21)22/h3-11,14H,12-13H2,1-2H3,(H,23,25)/t14-/m1/s1. The Morgan fingerprint density at radius 1 is 1.14 bits per heavy atom. The maximum atomic E-state index is 13.1. The number of rotatable bonds is 8. The summed E-state index contributed by atoms with van der Waals surface area (Å²) in [4.78, 5) is 12.2. The van der Waals surface area contributed by atoms with Gasteiger partial charge in [-0.05, 0) is 37.3 Å². The number of anilines is 1. The summed E-state index contributed by atoms with van der Waals surface area (Å²) in [5.41, 5.74) is -1.28. The van der Waals surface area contributed by atoms with E-state index in [2.05, 4.69) is 5.32 Å². The van der Waals surface area contributed by atoms with Gasteiger partial charge in [0.2, 0.25) is 5.91 Å². The van der Waals surface area contributed by atoms with Crippen molar-refractivity contribution in [2.45, 2.75) is 24.0 Å². The summed E-state index contributed by atoms with van der Waals surface area (Å²) in [5, 5.41) is 2.56. The van der Waals surface area contributed by atoms with Crippen molar-refractivity contribution in [2.75, 3.05) is 24.6 Å². The van der Waals surface area contributed by atoms with Crippen LogP contribution in [0.1, 0.15) is 12.5 Å². The van der Waals surface area contributed by atoms with E-state index < -0.39 is 40.3 Å². The molecule has 0 aliphatic carbocycles. The minimum atomic E-state index is -4.66. The van der Waals surface area contributed by atoms with Crippen LogP contribution in [0.15, 0.2) is 59.5 Å². The number of hydrogen-bond donors (Lipinski definition) is 1. The molecule has 2 rings (SSSR count). The van der Waals surface area contributed by atoms with Crippen molar-refractivity contribution < 1.29 is 31.1 Å². The Labute approximate surface area is 167 Å². The van der Waals surface area contributed by atoms with E-state index in [0.29, 0.717) is 10.4 Å². The Morgan fingerprint density at radius 2 is 1.79 bits per heavy atom. The van der Waals surface area contributed by atoms with Crippen molar-refractivity contribution in [1.29, 1.82) is 0 Å². The van der Waals surface area contributed by atoms with E-state index in [9.17, 15) is 26.4 Å². The number of methoxy groups -OCH3 is 1. The van der Waals surface area contributed by atoms with Gasteiger partial charge in [0.05, 0.1) is 22.8 Å². The summed E-state index contributed by atoms with van der Waals surface area (Å²) in [5.74, 6) is -0.675. The Hall–Kier alpha value is -2.59. The minimum absolute atomic E-state index is 0.143. The highest BCUT2D eigenvalue weighted by Crippen LogP contribution is 2.33. The largest absolute Gasteiger partial charge is 0.416 e. The molecule has 0 aliphatic rings. The van der Waals surface area contributed by atoms with E-state index in [0.717, 1.165) is 12.1 Å². The highest BCUT2D eigenvalue weighted by molar-refractivity contribution is 7.92. The van der Waals surface area contributed by atoms with Crippen LogP contribution in [0.4, 0.5) is 18.9 Å². The third kappa shape index (κ3) is 5.94. The first-order valence-electron chi connectivity index (χ1n) is 8.59. The van der Waals surface area contributed by atoms with Crippen LogP contribution in [-0.4, -0.2) is 40.6 Å². The molecule has 0 heterocycles. The molecule has 6 nitrogen and oxygen atoms in total. The van der Waals surface area contributed by atoms with E-state index in [4.69, 9.17) is 4.74 Å². The molecule has 0 bridgehead atoms. The molecule has 0 unspecified atom stereocenters. The lowest BCUT2D eigenvalue weighted by atomic mass is 10.2. The summed E-state index contributed by atoms with van der Waals surface area (Å²) < 4.78 is 71.1. The van der Waals surface area contributed by atoms with Crippen LogP contribution in [-0.2, 0) is 25.7 Å². The van der Waals surface area contributed by atoms with Crippen LogP contribution in [0.25, 0.3) is 0 Å². The molecule has 0 saturated carbocycles. The first-order chi connectivity index (χ1) is 13.6. The van der Waals surface area contributed by atoms with E-state index in [-0.39, 0.29) is 17.2 Å². The number of hydrogen-bond acceptors (Lipinski definition) is 4. The van der Waals surface area contributed by atoms with Gasteiger partial charge >= 0.3 is 6.18 Å². The fourth-order valence-electron chi connectivity index (χ4n) is 2.61. The van der Waals surface area contributed by atoms with Gasteiger partial charge in [0.1, 0.15) is 6.54 Å². The highest BCUT2D eigenvalue weighted by Gasteiger charge is 2.33. The molecule has 0 saturated heterocycles. The molecule has 2 aromatic carbocycles. The lowest BCUT2D eigenvalue weighted by Gasteiger charge is -2.25. The first kappa shape index (κ1) is 22.7. The molecular weight excluding hydrogens is 409 g/mol. The zero-order valence-electron chi connectivity index (χ0n) is 15.8. The average molecular weight is 430 g/mol. The molecule has 2 aromatic rings. The number of halogens is 3. The molecule has 1 atom stereocenters. The molecule has 10 heteroatoms. The zero-order chi connectivity index (χ0) is 21.7. The number of sulfonamides is 1. The van der Waals surface area contributed by atoms with Crippen molar-refractivity contribution in [1.82, 2.24) is 5.32 Å². The van der Waals surface area contributed by atoms with Gasteiger partial charge in [0.15, 0.2) is 0 Å². The highest BCUT2D eigenvalue weighted by atomic mass is 32.2. The molecule has 0 radical (unpaired) electrons. The summed E-state index contributed by atoms with van der Waals surface area (Å²) in [6, 6.07) is 10.6. The predicted octanol–water partition coefficient (Wildman–Crippen LogP) is 3.05. The maximum absolute atomic E-state index is 13.1. The monoisotopic (exact) mass is 430 g/mol. The summed E-state index contributed by atoms with van der Waals surface area (Å²) in [6.07, 6.45) is -4.66. The molecule has 0 fully saturated rings. The quantitative estimate of drug-likeness (QED) is 0.699. The SMILES string of the molecule is COC[C@@H](C)NC(=O)CN(c1cccc(C(F)(F)F)c1)S(=O)(=O)c1ccccc1. The number of benzene rings is 2. The van der Waals surface area contributed by atoms with Crippen molar-refractivity contribution in [3.8, 4) is 0 Å². The van der Waals surface area contributed by atoms with Gasteiger partial charge in [0.25, 0.3) is 10.0 Å². The molecule has 1 N–H and O–H groups in total. The molecule has 29 heavy (non-hydrogen) atoms. The van der Waals surface area contributed by atoms with Gasteiger partial charge < -0.3 is 10.1 Å². The van der Waals surface area contributed by atoms with Gasteiger partial charge in [0, 0.05) is 13.2 Å². The predicted molar refractivity (Wildman–Crippen MR) is 102 cm³/mol.